The zero-order chi connectivity index (χ0) is 50.7. The molecule has 0 aliphatic carbocycles. The first-order valence-corrected chi connectivity index (χ1v) is 29.6. The Bertz CT molecular complexity index is 1350. The number of allylic oxidation sites excluding steroid dienone is 14. The molecule has 0 spiro atoms. The molecule has 0 rings (SSSR count). The summed E-state index contributed by atoms with van der Waals surface area (Å²) in [5.41, 5.74) is 0. The standard InChI is InChI=1S/C64H110O6/c1-4-7-10-13-16-19-22-25-27-29-30-31-32-33-34-36-37-39-42-45-48-51-54-57-63(66)69-60-61(59-68-62(65)56-53-50-47-44-41-24-21-18-15-12-9-6-3)70-64(67)58-55-52-49-46-43-40-38-35-28-26-23-20-17-14-11-8-5-2/h7,10,16,19,25,27,30-31,33-34,37,39,45,48,61H,4-6,8-9,11-15,17-18,20-24,26,28-29,32,35-36,38,40-44,46-47,49-60H2,1-3H3/b10-7-,19-16-,27-25-,31-30-,34-33-,39-37-,48-45-. The lowest BCUT2D eigenvalue weighted by molar-refractivity contribution is -0.167. The fourth-order valence-corrected chi connectivity index (χ4v) is 8.26. The van der Waals surface area contributed by atoms with E-state index in [1.807, 2.05) is 0 Å². The first-order chi connectivity index (χ1) is 34.5. The molecule has 0 saturated carbocycles. The maximum atomic E-state index is 12.9. The minimum absolute atomic E-state index is 0.0908. The van der Waals surface area contributed by atoms with Crippen LogP contribution in [0.4, 0.5) is 0 Å². The third-order valence-corrected chi connectivity index (χ3v) is 12.7. The molecule has 0 aromatic carbocycles. The van der Waals surface area contributed by atoms with E-state index in [4.69, 9.17) is 14.2 Å². The summed E-state index contributed by atoms with van der Waals surface area (Å²) in [6, 6.07) is 0. The predicted molar refractivity (Wildman–Crippen MR) is 302 cm³/mol. The van der Waals surface area contributed by atoms with Gasteiger partial charge in [-0.25, -0.2) is 0 Å². The molecule has 70 heavy (non-hydrogen) atoms. The summed E-state index contributed by atoms with van der Waals surface area (Å²) < 4.78 is 16.8. The first-order valence-electron chi connectivity index (χ1n) is 29.6. The molecular weight excluding hydrogens is 865 g/mol. The molecule has 0 saturated heterocycles. The predicted octanol–water partition coefficient (Wildman–Crippen LogP) is 19.9. The molecule has 402 valence electrons. The Kier molecular flexibility index (Phi) is 55.3. The zero-order valence-corrected chi connectivity index (χ0v) is 46.0. The molecule has 1 unspecified atom stereocenters. The number of esters is 3. The number of carbonyl (C=O) groups excluding carboxylic acids is 3. The summed E-state index contributed by atoms with van der Waals surface area (Å²) in [7, 11) is 0. The number of rotatable bonds is 53. The second kappa shape index (κ2) is 58.2. The van der Waals surface area contributed by atoms with Gasteiger partial charge < -0.3 is 14.2 Å². The minimum Gasteiger partial charge on any atom is -0.462 e. The highest BCUT2D eigenvalue weighted by molar-refractivity contribution is 5.71. The van der Waals surface area contributed by atoms with Gasteiger partial charge in [0.05, 0.1) is 0 Å². The van der Waals surface area contributed by atoms with E-state index in [1.54, 1.807) is 0 Å². The normalized spacial score (nSPS) is 12.7. The van der Waals surface area contributed by atoms with Gasteiger partial charge in [-0.1, -0.05) is 279 Å². The Hall–Kier alpha value is -3.41. The Balaban J connectivity index is 4.43. The van der Waals surface area contributed by atoms with Crippen molar-refractivity contribution in [1.29, 1.82) is 0 Å². The van der Waals surface area contributed by atoms with Crippen LogP contribution in [0.5, 0.6) is 0 Å². The van der Waals surface area contributed by atoms with Gasteiger partial charge in [0.2, 0.25) is 0 Å². The highest BCUT2D eigenvalue weighted by Gasteiger charge is 2.19. The van der Waals surface area contributed by atoms with Crippen LogP contribution in [-0.2, 0) is 28.6 Å². The molecule has 0 aliphatic rings. The largest absolute Gasteiger partial charge is 0.462 e. The third-order valence-electron chi connectivity index (χ3n) is 12.7. The molecule has 0 fully saturated rings. The van der Waals surface area contributed by atoms with Crippen molar-refractivity contribution in [3.8, 4) is 0 Å². The van der Waals surface area contributed by atoms with Crippen molar-refractivity contribution < 1.29 is 28.6 Å². The minimum atomic E-state index is -0.797. The molecule has 0 aromatic rings. The lowest BCUT2D eigenvalue weighted by Gasteiger charge is -2.18. The molecule has 0 bridgehead atoms. The maximum absolute atomic E-state index is 12.9. The summed E-state index contributed by atoms with van der Waals surface area (Å²) in [5.74, 6) is -0.943. The van der Waals surface area contributed by atoms with Crippen molar-refractivity contribution in [3.05, 3.63) is 85.1 Å². The van der Waals surface area contributed by atoms with E-state index in [1.165, 1.54) is 148 Å². The lowest BCUT2D eigenvalue weighted by atomic mass is 10.0. The third kappa shape index (κ3) is 55.5. The average molecular weight is 976 g/mol. The molecule has 0 heterocycles. The topological polar surface area (TPSA) is 78.9 Å². The molecule has 0 radical (unpaired) electrons. The van der Waals surface area contributed by atoms with Gasteiger partial charge in [0, 0.05) is 19.3 Å². The van der Waals surface area contributed by atoms with Gasteiger partial charge in [-0.15, -0.1) is 0 Å². The van der Waals surface area contributed by atoms with Crippen LogP contribution in [0.1, 0.15) is 284 Å². The van der Waals surface area contributed by atoms with E-state index >= 15 is 0 Å². The van der Waals surface area contributed by atoms with Crippen LogP contribution in [-0.4, -0.2) is 37.2 Å². The molecule has 1 atom stereocenters. The van der Waals surface area contributed by atoms with E-state index in [9.17, 15) is 14.4 Å². The quantitative estimate of drug-likeness (QED) is 0.0261. The van der Waals surface area contributed by atoms with E-state index in [2.05, 4.69) is 106 Å². The molecule has 6 heteroatoms. The number of carbonyl (C=O) groups is 3. The van der Waals surface area contributed by atoms with Gasteiger partial charge in [-0.05, 0) is 70.6 Å². The van der Waals surface area contributed by atoms with Gasteiger partial charge in [0.15, 0.2) is 6.10 Å². The molecule has 0 aromatic heterocycles. The van der Waals surface area contributed by atoms with Crippen molar-refractivity contribution in [2.75, 3.05) is 13.2 Å². The highest BCUT2D eigenvalue weighted by Crippen LogP contribution is 2.16. The van der Waals surface area contributed by atoms with Crippen LogP contribution in [0.25, 0.3) is 0 Å². The summed E-state index contributed by atoms with van der Waals surface area (Å²) >= 11 is 0. The van der Waals surface area contributed by atoms with E-state index in [0.717, 1.165) is 89.9 Å². The van der Waals surface area contributed by atoms with E-state index in [0.29, 0.717) is 19.3 Å². The first kappa shape index (κ1) is 66.6. The highest BCUT2D eigenvalue weighted by atomic mass is 16.6. The fourth-order valence-electron chi connectivity index (χ4n) is 8.26. The van der Waals surface area contributed by atoms with Crippen LogP contribution in [0.15, 0.2) is 85.1 Å². The smallest absolute Gasteiger partial charge is 0.306 e. The summed E-state index contributed by atoms with van der Waals surface area (Å²) in [5, 5.41) is 0. The molecule has 0 N–H and O–H groups in total. The van der Waals surface area contributed by atoms with Crippen molar-refractivity contribution in [1.82, 2.24) is 0 Å². The van der Waals surface area contributed by atoms with Crippen LogP contribution < -0.4 is 0 Å². The Labute approximate surface area is 433 Å². The van der Waals surface area contributed by atoms with Crippen molar-refractivity contribution in [2.45, 2.75) is 290 Å². The summed E-state index contributed by atoms with van der Waals surface area (Å²) in [4.78, 5) is 38.1. The molecule has 0 aliphatic heterocycles. The molecule has 0 amide bonds. The van der Waals surface area contributed by atoms with Crippen LogP contribution in [0.2, 0.25) is 0 Å². The van der Waals surface area contributed by atoms with E-state index in [-0.39, 0.29) is 37.5 Å². The van der Waals surface area contributed by atoms with Crippen LogP contribution in [0.3, 0.4) is 0 Å². The van der Waals surface area contributed by atoms with Crippen molar-refractivity contribution >= 4 is 17.9 Å². The summed E-state index contributed by atoms with van der Waals surface area (Å²) in [6.07, 6.45) is 75.8. The summed E-state index contributed by atoms with van der Waals surface area (Å²) in [6.45, 7) is 6.50. The Morgan fingerprint density at radius 3 is 0.871 bits per heavy atom. The monoisotopic (exact) mass is 975 g/mol. The molecule has 6 nitrogen and oxygen atoms in total. The number of unbranched alkanes of at least 4 members (excludes halogenated alkanes) is 28. The second-order valence-corrected chi connectivity index (χ2v) is 19.5. The van der Waals surface area contributed by atoms with Crippen LogP contribution >= 0.6 is 0 Å². The second-order valence-electron chi connectivity index (χ2n) is 19.5. The van der Waals surface area contributed by atoms with Gasteiger partial charge in [-0.3, -0.25) is 14.4 Å². The fraction of sp³-hybridized carbons (Fsp3) is 0.734. The van der Waals surface area contributed by atoms with Gasteiger partial charge in [0.25, 0.3) is 0 Å². The van der Waals surface area contributed by atoms with E-state index < -0.39 is 6.10 Å². The van der Waals surface area contributed by atoms with Gasteiger partial charge in [-0.2, -0.15) is 0 Å². The van der Waals surface area contributed by atoms with Gasteiger partial charge in [0.1, 0.15) is 13.2 Å². The SMILES string of the molecule is CC/C=C\C/C=C\C/C=C\C/C=C\C/C=C\C/C=C\C/C=C\CCCC(=O)OCC(COC(=O)CCCCCCCCCCCCCC)OC(=O)CCCCCCCCCCCCCCCCCCC. The maximum Gasteiger partial charge on any atom is 0.306 e. The number of hydrogen-bond acceptors (Lipinski definition) is 6. The molecular formula is C64H110O6. The van der Waals surface area contributed by atoms with Crippen molar-refractivity contribution in [2.24, 2.45) is 0 Å². The number of hydrogen-bond donors (Lipinski definition) is 0. The number of ether oxygens (including phenoxy) is 3. The average Bonchev–Trinajstić information content (AvgIpc) is 3.36. The van der Waals surface area contributed by atoms with Crippen LogP contribution in [0, 0.1) is 0 Å². The van der Waals surface area contributed by atoms with Gasteiger partial charge >= 0.3 is 17.9 Å². The van der Waals surface area contributed by atoms with Crippen molar-refractivity contribution in [3.63, 3.8) is 0 Å². The zero-order valence-electron chi connectivity index (χ0n) is 46.0. The Morgan fingerprint density at radius 2 is 0.557 bits per heavy atom. The Morgan fingerprint density at radius 1 is 0.300 bits per heavy atom. The lowest BCUT2D eigenvalue weighted by Crippen LogP contribution is -2.30.